The molecule has 0 aliphatic heterocycles. The van der Waals surface area contributed by atoms with Crippen LogP contribution in [-0.4, -0.2) is 5.78 Å². The van der Waals surface area contributed by atoms with Gasteiger partial charge in [0.05, 0.1) is 0 Å². The normalized spacial score (nSPS) is 18.8. The molecule has 1 nitrogen and oxygen atoms in total. The number of hydrogen-bond acceptors (Lipinski definition) is 1. The van der Waals surface area contributed by atoms with E-state index in [1.165, 1.54) is 0 Å². The third kappa shape index (κ3) is 1.73. The van der Waals surface area contributed by atoms with E-state index in [1.807, 2.05) is 0 Å². The Morgan fingerprint density at radius 2 is 1.75 bits per heavy atom. The summed E-state index contributed by atoms with van der Waals surface area (Å²) in [5, 5.41) is 0. The van der Waals surface area contributed by atoms with Gasteiger partial charge in [-0.3, -0.25) is 4.79 Å². The lowest BCUT2D eigenvalue weighted by Gasteiger charge is -2.01. The topological polar surface area (TPSA) is 17.1 Å². The number of carbonyl (C=O) groups is 1. The molecule has 0 saturated heterocycles. The van der Waals surface area contributed by atoms with Gasteiger partial charge < -0.3 is 0 Å². The molecule has 0 saturated carbocycles. The highest BCUT2D eigenvalue weighted by Crippen LogP contribution is 2.22. The van der Waals surface area contributed by atoms with Crippen molar-refractivity contribution in [3.05, 3.63) is 36.5 Å². The summed E-state index contributed by atoms with van der Waals surface area (Å²) < 4.78 is 0. The van der Waals surface area contributed by atoms with Crippen LogP contribution < -0.4 is 0 Å². The van der Waals surface area contributed by atoms with Crippen LogP contribution in [0.1, 0.15) is 25.7 Å². The summed E-state index contributed by atoms with van der Waals surface area (Å²) in [4.78, 5) is 11.4. The van der Waals surface area contributed by atoms with Crippen LogP contribution in [0.2, 0.25) is 0 Å². The van der Waals surface area contributed by atoms with Crippen molar-refractivity contribution in [1.29, 1.82) is 0 Å². The first-order valence-corrected chi connectivity index (χ1v) is 4.31. The van der Waals surface area contributed by atoms with Crippen molar-refractivity contribution < 1.29 is 4.79 Å². The average Bonchev–Trinajstić information content (AvgIpc) is 2.26. The quantitative estimate of drug-likeness (QED) is 0.610. The van der Waals surface area contributed by atoms with Crippen LogP contribution in [-0.2, 0) is 4.79 Å². The maximum atomic E-state index is 11.4. The Balaban J connectivity index is 3.02. The lowest BCUT2D eigenvalue weighted by molar-refractivity contribution is -0.115. The van der Waals surface area contributed by atoms with E-state index in [2.05, 4.69) is 13.2 Å². The third-order valence-electron chi connectivity index (χ3n) is 2.20. The van der Waals surface area contributed by atoms with Crippen molar-refractivity contribution in [2.75, 3.05) is 0 Å². The van der Waals surface area contributed by atoms with Crippen molar-refractivity contribution in [1.82, 2.24) is 0 Å². The fourth-order valence-corrected chi connectivity index (χ4v) is 1.51. The van der Waals surface area contributed by atoms with Gasteiger partial charge in [-0.05, 0) is 24.8 Å². The highest BCUT2D eigenvalue weighted by atomic mass is 16.1. The Labute approximate surface area is 73.5 Å². The van der Waals surface area contributed by atoms with Crippen LogP contribution in [0.15, 0.2) is 36.5 Å². The lowest BCUT2D eigenvalue weighted by Crippen LogP contribution is -1.99. The van der Waals surface area contributed by atoms with E-state index in [9.17, 15) is 4.79 Å². The van der Waals surface area contributed by atoms with Gasteiger partial charge >= 0.3 is 0 Å². The van der Waals surface area contributed by atoms with Gasteiger partial charge in [0.25, 0.3) is 0 Å². The van der Waals surface area contributed by atoms with Gasteiger partial charge in [0, 0.05) is 12.0 Å². The molecule has 0 aromatic carbocycles. The molecule has 0 heterocycles. The molecule has 64 valence electrons. The van der Waals surface area contributed by atoms with Crippen LogP contribution in [0.25, 0.3) is 0 Å². The van der Waals surface area contributed by atoms with Gasteiger partial charge in [-0.2, -0.15) is 0 Å². The number of carbonyl (C=O) groups excluding carboxylic acids is 1. The molecule has 0 radical (unpaired) electrons. The van der Waals surface area contributed by atoms with Crippen molar-refractivity contribution in [2.24, 2.45) is 0 Å². The highest BCUT2D eigenvalue weighted by Gasteiger charge is 2.13. The second kappa shape index (κ2) is 4.05. The number of rotatable bonds is 2. The van der Waals surface area contributed by atoms with Gasteiger partial charge in [0.1, 0.15) is 0 Å². The SMILES string of the molecule is C=CC1=C(C=C)C(=O)CCCC1. The fraction of sp³-hybridized carbons (Fsp3) is 0.364. The standard InChI is InChI=1S/C11H14O/c1-3-9-7-5-6-8-11(12)10(9)4-2/h3-4H,1-2,5-8H2. The van der Waals surface area contributed by atoms with Crippen molar-refractivity contribution in [2.45, 2.75) is 25.7 Å². The second-order valence-corrected chi connectivity index (χ2v) is 2.98. The lowest BCUT2D eigenvalue weighted by atomic mass is 10.0. The maximum Gasteiger partial charge on any atom is 0.163 e. The summed E-state index contributed by atoms with van der Waals surface area (Å²) in [6.45, 7) is 7.35. The minimum Gasteiger partial charge on any atom is -0.294 e. The van der Waals surface area contributed by atoms with Gasteiger partial charge in [-0.25, -0.2) is 0 Å². The molecule has 0 N–H and O–H groups in total. The van der Waals surface area contributed by atoms with Crippen LogP contribution in [0.3, 0.4) is 0 Å². The van der Waals surface area contributed by atoms with E-state index in [1.54, 1.807) is 12.2 Å². The van der Waals surface area contributed by atoms with Gasteiger partial charge in [-0.15, -0.1) is 0 Å². The zero-order chi connectivity index (χ0) is 8.97. The molecule has 1 aliphatic carbocycles. The number of allylic oxidation sites excluding steroid dienone is 4. The third-order valence-corrected chi connectivity index (χ3v) is 2.20. The van der Waals surface area contributed by atoms with Gasteiger partial charge in [0.15, 0.2) is 5.78 Å². The molecule has 0 unspecified atom stereocenters. The zero-order valence-corrected chi connectivity index (χ0v) is 7.31. The van der Waals surface area contributed by atoms with Crippen LogP contribution in [0, 0.1) is 0 Å². The Hall–Kier alpha value is -1.11. The monoisotopic (exact) mass is 162 g/mol. The summed E-state index contributed by atoms with van der Waals surface area (Å²) in [5.74, 6) is 0.220. The zero-order valence-electron chi connectivity index (χ0n) is 7.31. The largest absolute Gasteiger partial charge is 0.294 e. The second-order valence-electron chi connectivity index (χ2n) is 2.98. The molecule has 0 bridgehead atoms. The van der Waals surface area contributed by atoms with E-state index < -0.39 is 0 Å². The van der Waals surface area contributed by atoms with E-state index in [0.717, 1.165) is 30.4 Å². The number of ketones is 1. The smallest absolute Gasteiger partial charge is 0.163 e. The van der Waals surface area contributed by atoms with E-state index in [4.69, 9.17) is 0 Å². The predicted molar refractivity (Wildman–Crippen MR) is 50.9 cm³/mol. The molecule has 1 rings (SSSR count). The predicted octanol–water partition coefficient (Wildman–Crippen LogP) is 2.80. The molecule has 0 aromatic rings. The maximum absolute atomic E-state index is 11.4. The molecule has 1 aliphatic rings. The van der Waals surface area contributed by atoms with Crippen LogP contribution in [0.5, 0.6) is 0 Å². The summed E-state index contributed by atoms with van der Waals surface area (Å²) >= 11 is 0. The first-order chi connectivity index (χ1) is 5.79. The van der Waals surface area contributed by atoms with Crippen molar-refractivity contribution in [3.8, 4) is 0 Å². The Morgan fingerprint density at radius 3 is 2.33 bits per heavy atom. The first-order valence-electron chi connectivity index (χ1n) is 4.31. The van der Waals surface area contributed by atoms with E-state index in [0.29, 0.717) is 6.42 Å². The minimum atomic E-state index is 0.220. The van der Waals surface area contributed by atoms with E-state index in [-0.39, 0.29) is 5.78 Å². The van der Waals surface area contributed by atoms with Crippen molar-refractivity contribution in [3.63, 3.8) is 0 Å². The summed E-state index contributed by atoms with van der Waals surface area (Å²) in [6.07, 6.45) is 7.15. The minimum absolute atomic E-state index is 0.220. The van der Waals surface area contributed by atoms with Crippen LogP contribution >= 0.6 is 0 Å². The summed E-state index contributed by atoms with van der Waals surface area (Å²) in [6, 6.07) is 0. The summed E-state index contributed by atoms with van der Waals surface area (Å²) in [5.41, 5.74) is 1.84. The number of Topliss-reactive ketones (excluding diaryl/α,β-unsaturated/α-hetero) is 1. The molecule has 0 atom stereocenters. The first kappa shape index (κ1) is 8.98. The molecule has 1 heteroatoms. The van der Waals surface area contributed by atoms with Crippen molar-refractivity contribution >= 4 is 5.78 Å². The summed E-state index contributed by atoms with van der Waals surface area (Å²) in [7, 11) is 0. The Kier molecular flexibility index (Phi) is 3.03. The van der Waals surface area contributed by atoms with Gasteiger partial charge in [0.2, 0.25) is 0 Å². The molecule has 0 fully saturated rings. The molecule has 0 aromatic heterocycles. The van der Waals surface area contributed by atoms with Gasteiger partial charge in [-0.1, -0.05) is 25.3 Å². The number of hydrogen-bond donors (Lipinski definition) is 0. The van der Waals surface area contributed by atoms with Crippen LogP contribution in [0.4, 0.5) is 0 Å². The molecule has 0 amide bonds. The molecular weight excluding hydrogens is 148 g/mol. The fourth-order valence-electron chi connectivity index (χ4n) is 1.51. The molecular formula is C11H14O. The van der Waals surface area contributed by atoms with E-state index >= 15 is 0 Å². The Bertz CT molecular complexity index is 246. The molecule has 12 heavy (non-hydrogen) atoms. The highest BCUT2D eigenvalue weighted by molar-refractivity contribution is 5.99. The molecule has 0 spiro atoms. The Morgan fingerprint density at radius 1 is 1.08 bits per heavy atom. The average molecular weight is 162 g/mol.